The van der Waals surface area contributed by atoms with E-state index < -0.39 is 9.84 Å². The highest BCUT2D eigenvalue weighted by Gasteiger charge is 2.29. The van der Waals surface area contributed by atoms with Gasteiger partial charge >= 0.3 is 0 Å². The summed E-state index contributed by atoms with van der Waals surface area (Å²) >= 11 is 7.36. The van der Waals surface area contributed by atoms with Crippen molar-refractivity contribution in [1.29, 1.82) is 0 Å². The molecule has 0 N–H and O–H groups in total. The lowest BCUT2D eigenvalue weighted by Crippen LogP contribution is -2.07. The van der Waals surface area contributed by atoms with Gasteiger partial charge in [0.25, 0.3) is 0 Å². The first-order valence-corrected chi connectivity index (χ1v) is 9.98. The van der Waals surface area contributed by atoms with Crippen molar-refractivity contribution in [2.24, 2.45) is 0 Å². The van der Waals surface area contributed by atoms with Crippen molar-refractivity contribution in [3.63, 3.8) is 0 Å². The summed E-state index contributed by atoms with van der Waals surface area (Å²) in [5.41, 5.74) is 2.66. The van der Waals surface area contributed by atoms with Crippen molar-refractivity contribution in [3.8, 4) is 11.3 Å². The van der Waals surface area contributed by atoms with E-state index >= 15 is 0 Å². The lowest BCUT2D eigenvalue weighted by Gasteiger charge is -2.09. The lowest BCUT2D eigenvalue weighted by atomic mass is 10.1. The summed E-state index contributed by atoms with van der Waals surface area (Å²) in [6.45, 7) is 1.91. The normalized spacial score (nSPS) is 20.2. The smallest absolute Gasteiger partial charge is 0.188 e. The Morgan fingerprint density at radius 1 is 1.23 bits per heavy atom. The Morgan fingerprint density at radius 3 is 2.59 bits per heavy atom. The predicted octanol–water partition coefficient (Wildman–Crippen LogP) is 3.38. The van der Waals surface area contributed by atoms with Crippen LogP contribution in [0, 0.1) is 6.92 Å². The van der Waals surface area contributed by atoms with E-state index in [0.717, 1.165) is 17.0 Å². The third-order valence-corrected chi connectivity index (χ3v) is 6.80. The van der Waals surface area contributed by atoms with Crippen molar-refractivity contribution in [2.45, 2.75) is 23.8 Å². The van der Waals surface area contributed by atoms with E-state index in [4.69, 9.17) is 11.6 Å². The zero-order valence-electron chi connectivity index (χ0n) is 12.0. The predicted molar refractivity (Wildman–Crippen MR) is 90.1 cm³/mol. The van der Waals surface area contributed by atoms with Crippen molar-refractivity contribution in [1.82, 2.24) is 9.97 Å². The van der Waals surface area contributed by atoms with Gasteiger partial charge in [0.05, 0.1) is 17.2 Å². The van der Waals surface area contributed by atoms with E-state index in [9.17, 15) is 8.42 Å². The van der Waals surface area contributed by atoms with Gasteiger partial charge in [0.1, 0.15) is 0 Å². The van der Waals surface area contributed by atoms with Crippen molar-refractivity contribution in [2.75, 3.05) is 11.5 Å². The van der Waals surface area contributed by atoms with E-state index in [2.05, 4.69) is 9.97 Å². The SMILES string of the molecule is Cc1cc(-c2ccc(Cl)cc2)nc(SC2CCS(=O)(=O)C2)n1. The van der Waals surface area contributed by atoms with Crippen LogP contribution in [0.4, 0.5) is 0 Å². The molecule has 1 fully saturated rings. The van der Waals surface area contributed by atoms with Crippen LogP contribution in [0.25, 0.3) is 11.3 Å². The minimum absolute atomic E-state index is 0.0462. The zero-order valence-corrected chi connectivity index (χ0v) is 14.4. The maximum absolute atomic E-state index is 11.6. The van der Waals surface area contributed by atoms with Gasteiger partial charge in [-0.15, -0.1) is 0 Å². The average molecular weight is 355 g/mol. The Hall–Kier alpha value is -1.11. The quantitative estimate of drug-likeness (QED) is 0.791. The summed E-state index contributed by atoms with van der Waals surface area (Å²) in [5, 5.41) is 1.36. The topological polar surface area (TPSA) is 59.9 Å². The second-order valence-electron chi connectivity index (χ2n) is 5.33. The standard InChI is InChI=1S/C15H15ClN2O2S2/c1-10-8-14(11-2-4-12(16)5-3-11)18-15(17-10)21-13-6-7-22(19,20)9-13/h2-5,8,13H,6-7,9H2,1H3. The maximum atomic E-state index is 11.6. The number of sulfone groups is 1. The highest BCUT2D eigenvalue weighted by Crippen LogP contribution is 2.30. The van der Waals surface area contributed by atoms with Crippen molar-refractivity contribution in [3.05, 3.63) is 41.0 Å². The summed E-state index contributed by atoms with van der Waals surface area (Å²) in [7, 11) is -2.88. The van der Waals surface area contributed by atoms with Crippen molar-refractivity contribution >= 4 is 33.2 Å². The molecule has 1 aliphatic rings. The van der Waals surface area contributed by atoms with Crippen molar-refractivity contribution < 1.29 is 8.42 Å². The van der Waals surface area contributed by atoms with Crippen LogP contribution in [0.5, 0.6) is 0 Å². The van der Waals surface area contributed by atoms with Gasteiger partial charge < -0.3 is 0 Å². The molecule has 1 atom stereocenters. The average Bonchev–Trinajstić information content (AvgIpc) is 2.78. The number of hydrogen-bond acceptors (Lipinski definition) is 5. The van der Waals surface area contributed by atoms with Crippen LogP contribution in [0.2, 0.25) is 5.02 Å². The largest absolute Gasteiger partial charge is 0.229 e. The fourth-order valence-corrected chi connectivity index (χ4v) is 5.96. The van der Waals surface area contributed by atoms with E-state index in [0.29, 0.717) is 16.6 Å². The fraction of sp³-hybridized carbons (Fsp3) is 0.333. The first-order valence-electron chi connectivity index (χ1n) is 6.90. The number of aromatic nitrogens is 2. The van der Waals surface area contributed by atoms with Crippen LogP contribution in [0.1, 0.15) is 12.1 Å². The number of hydrogen-bond donors (Lipinski definition) is 0. The molecule has 0 amide bonds. The van der Waals surface area contributed by atoms with Gasteiger partial charge in [0.2, 0.25) is 0 Å². The van der Waals surface area contributed by atoms with Crippen LogP contribution < -0.4 is 0 Å². The van der Waals surface area contributed by atoms with Gasteiger partial charge in [-0.1, -0.05) is 35.5 Å². The molecule has 1 aliphatic heterocycles. The maximum Gasteiger partial charge on any atom is 0.188 e. The van der Waals surface area contributed by atoms with E-state index in [1.165, 1.54) is 11.8 Å². The molecular weight excluding hydrogens is 340 g/mol. The third-order valence-electron chi connectivity index (χ3n) is 3.44. The second kappa shape index (κ2) is 6.18. The number of nitrogens with zero attached hydrogens (tertiary/aromatic N) is 2. The highest BCUT2D eigenvalue weighted by atomic mass is 35.5. The molecule has 0 saturated carbocycles. The number of benzene rings is 1. The molecule has 0 radical (unpaired) electrons. The fourth-order valence-electron chi connectivity index (χ4n) is 2.37. The molecule has 1 saturated heterocycles. The van der Waals surface area contributed by atoms with Gasteiger partial charge in [-0.25, -0.2) is 18.4 Å². The monoisotopic (exact) mass is 354 g/mol. The Labute approximate surface area is 139 Å². The Bertz CT molecular complexity index is 792. The van der Waals surface area contributed by atoms with Gasteiger partial charge in [0, 0.05) is 21.5 Å². The minimum atomic E-state index is -2.88. The summed E-state index contributed by atoms with van der Waals surface area (Å²) in [4.78, 5) is 8.98. The number of halogens is 1. The molecule has 0 spiro atoms. The van der Waals surface area contributed by atoms with Crippen LogP contribution in [-0.2, 0) is 9.84 Å². The van der Waals surface area contributed by atoms with Crippen LogP contribution in [0.3, 0.4) is 0 Å². The Balaban J connectivity index is 1.85. The molecule has 4 nitrogen and oxygen atoms in total. The second-order valence-corrected chi connectivity index (χ2v) is 9.26. The molecule has 1 aromatic heterocycles. The molecule has 7 heteroatoms. The molecule has 0 aliphatic carbocycles. The van der Waals surface area contributed by atoms with Gasteiger partial charge in [-0.2, -0.15) is 0 Å². The molecule has 0 bridgehead atoms. The first kappa shape index (κ1) is 15.8. The molecule has 3 rings (SSSR count). The summed E-state index contributed by atoms with van der Waals surface area (Å²) in [5.74, 6) is 0.478. The first-order chi connectivity index (χ1) is 10.4. The molecular formula is C15H15ClN2O2S2. The highest BCUT2D eigenvalue weighted by molar-refractivity contribution is 8.01. The van der Waals surface area contributed by atoms with Crippen LogP contribution >= 0.6 is 23.4 Å². The van der Waals surface area contributed by atoms with E-state index in [-0.39, 0.29) is 16.8 Å². The third kappa shape index (κ3) is 3.80. The van der Waals surface area contributed by atoms with E-state index in [1.807, 2.05) is 37.3 Å². The Kier molecular flexibility index (Phi) is 4.43. The zero-order chi connectivity index (χ0) is 15.7. The Morgan fingerprint density at radius 2 is 1.95 bits per heavy atom. The molecule has 116 valence electrons. The van der Waals surface area contributed by atoms with Gasteiger partial charge in [-0.3, -0.25) is 0 Å². The number of aryl methyl sites for hydroxylation is 1. The van der Waals surface area contributed by atoms with Gasteiger partial charge in [-0.05, 0) is 31.5 Å². The van der Waals surface area contributed by atoms with Crippen LogP contribution in [-0.4, -0.2) is 35.1 Å². The molecule has 2 aromatic rings. The molecule has 2 heterocycles. The summed E-state index contributed by atoms with van der Waals surface area (Å²) in [6.07, 6.45) is 0.667. The van der Waals surface area contributed by atoms with Gasteiger partial charge in [0.15, 0.2) is 15.0 Å². The molecule has 22 heavy (non-hydrogen) atoms. The number of thioether (sulfide) groups is 1. The summed E-state index contributed by atoms with van der Waals surface area (Å²) in [6, 6.07) is 9.39. The minimum Gasteiger partial charge on any atom is -0.229 e. The summed E-state index contributed by atoms with van der Waals surface area (Å²) < 4.78 is 23.1. The number of rotatable bonds is 3. The lowest BCUT2D eigenvalue weighted by molar-refractivity contribution is 0.602. The van der Waals surface area contributed by atoms with Crippen LogP contribution in [0.15, 0.2) is 35.5 Å². The van der Waals surface area contributed by atoms with E-state index in [1.54, 1.807) is 0 Å². The molecule has 1 unspecified atom stereocenters. The molecule has 1 aromatic carbocycles.